The molecule has 1 N–H and O–H groups in total. The predicted molar refractivity (Wildman–Crippen MR) is 150 cm³/mol. The number of phenolic OH excluding ortho intramolecular Hbond substituents is 1. The Morgan fingerprint density at radius 2 is 1.44 bits per heavy atom. The zero-order chi connectivity index (χ0) is 28.1. The van der Waals surface area contributed by atoms with E-state index in [1.165, 1.54) is 43.5 Å². The minimum atomic E-state index is -0.493. The van der Waals surface area contributed by atoms with E-state index in [-0.39, 0.29) is 23.2 Å². The molecule has 1 aromatic heterocycles. The van der Waals surface area contributed by atoms with Crippen molar-refractivity contribution in [3.05, 3.63) is 76.6 Å². The van der Waals surface area contributed by atoms with Crippen molar-refractivity contribution >= 4 is 22.5 Å². The third kappa shape index (κ3) is 5.62. The quantitative estimate of drug-likeness (QED) is 0.301. The van der Waals surface area contributed by atoms with E-state index < -0.39 is 11.3 Å². The van der Waals surface area contributed by atoms with E-state index in [4.69, 9.17) is 18.9 Å². The van der Waals surface area contributed by atoms with Crippen LogP contribution in [0.15, 0.2) is 65.6 Å². The van der Waals surface area contributed by atoms with Gasteiger partial charge in [0, 0.05) is 60.6 Å². The number of hydrogen-bond donors (Lipinski definition) is 1. The molecule has 1 heterocycles. The second-order valence-corrected chi connectivity index (χ2v) is 8.59. The van der Waals surface area contributed by atoms with Gasteiger partial charge in [0.05, 0.1) is 44.3 Å². The number of ether oxygens (including phenoxy) is 4. The van der Waals surface area contributed by atoms with E-state index in [0.29, 0.717) is 53.1 Å². The molecule has 9 nitrogen and oxygen atoms in total. The smallest absolute Gasteiger partial charge is 0.263 e. The van der Waals surface area contributed by atoms with Gasteiger partial charge >= 0.3 is 0 Å². The summed E-state index contributed by atoms with van der Waals surface area (Å²) in [6.45, 7) is 6.75. The lowest BCUT2D eigenvalue weighted by molar-refractivity contribution is 0.0987. The molecule has 0 aliphatic rings. The summed E-state index contributed by atoms with van der Waals surface area (Å²) in [5, 5.41) is 10.5. The van der Waals surface area contributed by atoms with Crippen molar-refractivity contribution in [2.45, 2.75) is 20.8 Å². The minimum Gasteiger partial charge on any atom is -0.508 e. The molecular formula is C30H32N2O7. The van der Waals surface area contributed by atoms with Gasteiger partial charge in [0.2, 0.25) is 5.43 Å². The second kappa shape index (κ2) is 11.8. The van der Waals surface area contributed by atoms with Crippen molar-refractivity contribution < 1.29 is 28.8 Å². The van der Waals surface area contributed by atoms with E-state index in [0.717, 1.165) is 0 Å². The van der Waals surface area contributed by atoms with E-state index >= 15 is 0 Å². The van der Waals surface area contributed by atoms with Gasteiger partial charge in [-0.3, -0.25) is 9.59 Å². The number of anilines is 1. The Morgan fingerprint density at radius 3 is 1.97 bits per heavy atom. The van der Waals surface area contributed by atoms with Crippen LogP contribution in [-0.2, 0) is 0 Å². The van der Waals surface area contributed by atoms with Crippen molar-refractivity contribution in [1.29, 1.82) is 0 Å². The molecule has 0 unspecified atom stereocenters. The van der Waals surface area contributed by atoms with E-state index in [2.05, 4.69) is 0 Å². The zero-order valence-electron chi connectivity index (χ0n) is 22.7. The van der Waals surface area contributed by atoms with Gasteiger partial charge in [-0.15, -0.1) is 0 Å². The summed E-state index contributed by atoms with van der Waals surface area (Å²) < 4.78 is 23.9. The molecule has 0 saturated carbocycles. The largest absolute Gasteiger partial charge is 0.508 e. The third-order valence-corrected chi connectivity index (χ3v) is 6.19. The van der Waals surface area contributed by atoms with Gasteiger partial charge in [0.15, 0.2) is 0 Å². The number of fused-ring (bicyclic) bond motifs is 1. The summed E-state index contributed by atoms with van der Waals surface area (Å²) in [6.07, 6.45) is 1.49. The van der Waals surface area contributed by atoms with Crippen molar-refractivity contribution in [2.75, 3.05) is 38.9 Å². The fourth-order valence-electron chi connectivity index (χ4n) is 4.41. The Kier molecular flexibility index (Phi) is 8.29. The van der Waals surface area contributed by atoms with Gasteiger partial charge in [0.25, 0.3) is 5.91 Å². The van der Waals surface area contributed by atoms with E-state index in [1.54, 1.807) is 41.0 Å². The first-order valence-corrected chi connectivity index (χ1v) is 12.7. The molecule has 4 rings (SSSR count). The van der Waals surface area contributed by atoms with E-state index in [1.807, 2.05) is 20.8 Å². The molecule has 9 heteroatoms. The number of amides is 1. The summed E-state index contributed by atoms with van der Waals surface area (Å²) in [4.78, 5) is 29.1. The van der Waals surface area contributed by atoms with Crippen LogP contribution in [0.5, 0.6) is 28.7 Å². The highest BCUT2D eigenvalue weighted by atomic mass is 16.5. The van der Waals surface area contributed by atoms with Crippen LogP contribution < -0.4 is 29.3 Å². The molecule has 0 spiro atoms. The Balaban J connectivity index is 1.95. The second-order valence-electron chi connectivity index (χ2n) is 8.59. The van der Waals surface area contributed by atoms with Crippen molar-refractivity contribution in [3.8, 4) is 34.4 Å². The minimum absolute atomic E-state index is 0.0145. The molecule has 0 saturated heterocycles. The van der Waals surface area contributed by atoms with Crippen LogP contribution in [0.1, 0.15) is 31.1 Å². The average molecular weight is 533 g/mol. The molecule has 0 atom stereocenters. The number of methoxy groups -OCH3 is 2. The monoisotopic (exact) mass is 532 g/mol. The number of carbonyl (C=O) groups excluding carboxylic acids is 1. The molecule has 0 radical (unpaired) electrons. The predicted octanol–water partition coefficient (Wildman–Crippen LogP) is 5.18. The number of phenols is 1. The lowest BCUT2D eigenvalue weighted by Gasteiger charge is -2.23. The summed E-state index contributed by atoms with van der Waals surface area (Å²) in [5.41, 5.74) is 1.05. The number of aromatic hydroxyl groups is 1. The average Bonchev–Trinajstić information content (AvgIpc) is 2.93. The topological polar surface area (TPSA) is 99.5 Å². The highest BCUT2D eigenvalue weighted by molar-refractivity contribution is 6.07. The van der Waals surface area contributed by atoms with Crippen molar-refractivity contribution in [1.82, 2.24) is 4.57 Å². The maximum absolute atomic E-state index is 14.0. The molecule has 4 aromatic rings. The molecule has 1 amide bonds. The van der Waals surface area contributed by atoms with Crippen LogP contribution in [0.25, 0.3) is 16.6 Å². The normalized spacial score (nSPS) is 10.8. The highest BCUT2D eigenvalue weighted by Crippen LogP contribution is 2.31. The van der Waals surface area contributed by atoms with Gasteiger partial charge in [-0.1, -0.05) is 0 Å². The van der Waals surface area contributed by atoms with Crippen LogP contribution in [0, 0.1) is 0 Å². The first-order chi connectivity index (χ1) is 18.8. The summed E-state index contributed by atoms with van der Waals surface area (Å²) in [7, 11) is 3.06. The van der Waals surface area contributed by atoms with Crippen LogP contribution in [0.4, 0.5) is 5.69 Å². The summed E-state index contributed by atoms with van der Waals surface area (Å²) in [6, 6.07) is 14.9. The maximum atomic E-state index is 14.0. The van der Waals surface area contributed by atoms with Crippen LogP contribution in [0.2, 0.25) is 0 Å². The van der Waals surface area contributed by atoms with E-state index in [9.17, 15) is 14.7 Å². The van der Waals surface area contributed by atoms with Gasteiger partial charge in [-0.25, -0.2) is 0 Å². The number of pyridine rings is 1. The molecule has 3 aromatic carbocycles. The Bertz CT molecular complexity index is 1510. The van der Waals surface area contributed by atoms with Crippen LogP contribution >= 0.6 is 0 Å². The molecule has 39 heavy (non-hydrogen) atoms. The Morgan fingerprint density at radius 1 is 0.846 bits per heavy atom. The number of nitrogens with zero attached hydrogens (tertiary/aromatic N) is 2. The number of benzene rings is 3. The van der Waals surface area contributed by atoms with Gasteiger partial charge < -0.3 is 33.5 Å². The third-order valence-electron chi connectivity index (χ3n) is 6.19. The molecule has 204 valence electrons. The summed E-state index contributed by atoms with van der Waals surface area (Å²) in [5.74, 6) is 1.65. The standard InChI is InChI=1S/C30H32N2O7/c1-6-31(19-11-22(36-4)16-23(12-19)37-5)30(35)27-18-32(28-15-21(33)9-10-26(28)29(27)34)20-13-24(38-7-2)17-25(14-20)39-8-3/h9-18,33H,6-8H2,1-5H3. The molecule has 0 aliphatic carbocycles. The number of hydrogen-bond acceptors (Lipinski definition) is 7. The van der Waals surface area contributed by atoms with Gasteiger partial charge in [0.1, 0.15) is 34.3 Å². The molecular weight excluding hydrogens is 500 g/mol. The first-order valence-electron chi connectivity index (χ1n) is 12.7. The molecule has 0 fully saturated rings. The molecule has 0 aliphatic heterocycles. The summed E-state index contributed by atoms with van der Waals surface area (Å²) >= 11 is 0. The first kappa shape index (κ1) is 27.4. The fourth-order valence-corrected chi connectivity index (χ4v) is 4.41. The Hall–Kier alpha value is -4.66. The van der Waals surface area contributed by atoms with Crippen molar-refractivity contribution in [2.24, 2.45) is 0 Å². The highest BCUT2D eigenvalue weighted by Gasteiger charge is 2.23. The van der Waals surface area contributed by atoms with Gasteiger partial charge in [-0.05, 0) is 32.9 Å². The SMILES string of the molecule is CCOc1cc(OCC)cc(-n2cc(C(=O)N(CC)c3cc(OC)cc(OC)c3)c(=O)c3ccc(O)cc32)c1. The zero-order valence-corrected chi connectivity index (χ0v) is 22.7. The number of carbonyl (C=O) groups is 1. The fraction of sp³-hybridized carbons (Fsp3) is 0.267. The lowest BCUT2D eigenvalue weighted by Crippen LogP contribution is -2.34. The lowest BCUT2D eigenvalue weighted by atomic mass is 10.1. The maximum Gasteiger partial charge on any atom is 0.263 e. The van der Waals surface area contributed by atoms with Crippen LogP contribution in [0.3, 0.4) is 0 Å². The van der Waals surface area contributed by atoms with Gasteiger partial charge in [-0.2, -0.15) is 0 Å². The molecule has 0 bridgehead atoms. The number of aromatic nitrogens is 1. The van der Waals surface area contributed by atoms with Crippen LogP contribution in [-0.4, -0.2) is 49.6 Å². The van der Waals surface area contributed by atoms with Crippen molar-refractivity contribution in [3.63, 3.8) is 0 Å². The Labute approximate surface area is 226 Å². The number of rotatable bonds is 10.